The first-order valence-electron chi connectivity index (χ1n) is 10.5. The average Bonchev–Trinajstić information content (AvgIpc) is 2.66. The molecule has 2 aliphatic rings. The molecule has 1 aliphatic heterocycles. The number of halogens is 2. The first-order valence-corrected chi connectivity index (χ1v) is 12.5. The third-order valence-corrected chi connectivity index (χ3v) is 9.87. The molecule has 0 radical (unpaired) electrons. The zero-order chi connectivity index (χ0) is 23.3. The minimum Gasteiger partial charge on any atom is -0.386 e. The van der Waals surface area contributed by atoms with Crippen molar-refractivity contribution in [1.29, 1.82) is 0 Å². The minimum atomic E-state index is -3.70. The summed E-state index contributed by atoms with van der Waals surface area (Å²) in [6.07, 6.45) is 3.90. The standard InChI is InChI=1S/C23H25ClFN3O3S/c1-22(13-32(30,31)23(2,21(26)28-22)15-4-3-5-15)17-10-14(6-8-18(17)25)11-20(29)19-9-7-16(24)12-27-19/h6-10,12,15H,3-5,11,13H2,1-2H3,(H2,26,28)/t22-,23-/m0/s1. The van der Waals surface area contributed by atoms with Crippen molar-refractivity contribution >= 4 is 33.1 Å². The maximum Gasteiger partial charge on any atom is 0.185 e. The largest absolute Gasteiger partial charge is 0.386 e. The van der Waals surface area contributed by atoms with Crippen molar-refractivity contribution in [3.05, 3.63) is 64.2 Å². The summed E-state index contributed by atoms with van der Waals surface area (Å²) in [7, 11) is -3.70. The van der Waals surface area contributed by atoms with E-state index in [1.165, 1.54) is 30.5 Å². The van der Waals surface area contributed by atoms with Gasteiger partial charge in [0, 0.05) is 18.2 Å². The number of hydrogen-bond acceptors (Lipinski definition) is 6. The fraction of sp³-hybridized carbons (Fsp3) is 0.435. The van der Waals surface area contributed by atoms with Crippen molar-refractivity contribution in [3.63, 3.8) is 0 Å². The lowest BCUT2D eigenvalue weighted by Gasteiger charge is -2.46. The summed E-state index contributed by atoms with van der Waals surface area (Å²) in [4.78, 5) is 21.2. The molecule has 1 fully saturated rings. The van der Waals surface area contributed by atoms with Gasteiger partial charge in [-0.25, -0.2) is 12.8 Å². The Labute approximate surface area is 192 Å². The molecule has 2 aromatic rings. The van der Waals surface area contributed by atoms with E-state index in [-0.39, 0.29) is 41.0 Å². The van der Waals surface area contributed by atoms with E-state index in [4.69, 9.17) is 17.3 Å². The summed E-state index contributed by atoms with van der Waals surface area (Å²) in [6, 6.07) is 7.33. The van der Waals surface area contributed by atoms with Crippen LogP contribution in [0.5, 0.6) is 0 Å². The van der Waals surface area contributed by atoms with Crippen molar-refractivity contribution in [2.75, 3.05) is 5.75 Å². The van der Waals surface area contributed by atoms with Gasteiger partial charge in [-0.05, 0) is 62.4 Å². The average molecular weight is 478 g/mol. The third-order valence-electron chi connectivity index (χ3n) is 6.87. The van der Waals surface area contributed by atoms with Gasteiger partial charge in [-0.3, -0.25) is 14.8 Å². The zero-order valence-electron chi connectivity index (χ0n) is 17.9. The lowest BCUT2D eigenvalue weighted by molar-refractivity contribution is 0.0988. The Morgan fingerprint density at radius 2 is 1.97 bits per heavy atom. The number of ketones is 1. The molecule has 4 rings (SSSR count). The van der Waals surface area contributed by atoms with E-state index in [1.54, 1.807) is 19.9 Å². The highest BCUT2D eigenvalue weighted by atomic mass is 35.5. The number of amidine groups is 1. The molecule has 1 aliphatic carbocycles. The smallest absolute Gasteiger partial charge is 0.185 e. The molecule has 0 spiro atoms. The van der Waals surface area contributed by atoms with Crippen molar-refractivity contribution in [1.82, 2.24) is 4.98 Å². The van der Waals surface area contributed by atoms with Gasteiger partial charge in [0.25, 0.3) is 0 Å². The first kappa shape index (κ1) is 22.9. The van der Waals surface area contributed by atoms with Crippen LogP contribution in [0.2, 0.25) is 5.02 Å². The van der Waals surface area contributed by atoms with Crippen LogP contribution in [0.4, 0.5) is 4.39 Å². The Balaban J connectivity index is 1.69. The molecule has 9 heteroatoms. The minimum absolute atomic E-state index is 0.0241. The summed E-state index contributed by atoms with van der Waals surface area (Å²) in [6.45, 7) is 3.21. The fourth-order valence-electron chi connectivity index (χ4n) is 4.56. The summed E-state index contributed by atoms with van der Waals surface area (Å²) in [5, 5.41) is 0.418. The Kier molecular flexibility index (Phi) is 5.66. The van der Waals surface area contributed by atoms with Gasteiger partial charge in [0.2, 0.25) is 0 Å². The lowest BCUT2D eigenvalue weighted by Crippen LogP contribution is -2.61. The van der Waals surface area contributed by atoms with Crippen LogP contribution >= 0.6 is 11.6 Å². The second-order valence-electron chi connectivity index (χ2n) is 9.04. The summed E-state index contributed by atoms with van der Waals surface area (Å²) < 4.78 is 40.4. The van der Waals surface area contributed by atoms with Crippen LogP contribution in [-0.2, 0) is 21.8 Å². The SMILES string of the molecule is C[C@@]1(c2cc(CC(=O)c3ccc(Cl)cn3)ccc2F)CS(=O)(=O)[C@@](C)(C2CCC2)C(N)=N1. The highest BCUT2D eigenvalue weighted by Crippen LogP contribution is 2.47. The van der Waals surface area contributed by atoms with E-state index in [0.717, 1.165) is 19.3 Å². The van der Waals surface area contributed by atoms with Crippen molar-refractivity contribution in [2.24, 2.45) is 16.6 Å². The monoisotopic (exact) mass is 477 g/mol. The van der Waals surface area contributed by atoms with Crippen LogP contribution in [0.15, 0.2) is 41.5 Å². The van der Waals surface area contributed by atoms with Gasteiger partial charge in [-0.15, -0.1) is 0 Å². The number of Topliss-reactive ketones (excluding diaryl/α,β-unsaturated/α-hetero) is 1. The molecule has 1 saturated carbocycles. The molecule has 2 heterocycles. The summed E-state index contributed by atoms with van der Waals surface area (Å²) >= 11 is 5.82. The fourth-order valence-corrected chi connectivity index (χ4v) is 7.04. The molecule has 2 N–H and O–H groups in total. The molecule has 1 aromatic carbocycles. The Bertz CT molecular complexity index is 1210. The number of aromatic nitrogens is 1. The maximum atomic E-state index is 14.9. The van der Waals surface area contributed by atoms with E-state index in [1.807, 2.05) is 0 Å². The maximum absolute atomic E-state index is 14.9. The molecule has 2 atom stereocenters. The number of carbonyl (C=O) groups excluding carboxylic acids is 1. The number of carbonyl (C=O) groups is 1. The van der Waals surface area contributed by atoms with Gasteiger partial charge in [0.15, 0.2) is 15.6 Å². The molecular formula is C23H25ClFN3O3S. The molecule has 0 bridgehead atoms. The number of rotatable bonds is 5. The van der Waals surface area contributed by atoms with Crippen LogP contribution in [0, 0.1) is 11.7 Å². The molecular weight excluding hydrogens is 453 g/mol. The normalized spacial score (nSPS) is 27.4. The van der Waals surface area contributed by atoms with Gasteiger partial charge < -0.3 is 5.73 Å². The Morgan fingerprint density at radius 3 is 2.53 bits per heavy atom. The number of nitrogens with zero attached hydrogens (tertiary/aromatic N) is 2. The Hall–Kier alpha value is -2.32. The molecule has 170 valence electrons. The topological polar surface area (TPSA) is 102 Å². The Morgan fingerprint density at radius 1 is 1.25 bits per heavy atom. The quantitative estimate of drug-likeness (QED) is 0.659. The number of nitrogens with two attached hydrogens (primary N) is 1. The molecule has 0 amide bonds. The van der Waals surface area contributed by atoms with Crippen LogP contribution in [0.25, 0.3) is 0 Å². The van der Waals surface area contributed by atoms with E-state index in [0.29, 0.717) is 10.6 Å². The van der Waals surface area contributed by atoms with Crippen LogP contribution in [-0.4, -0.2) is 35.5 Å². The first-order chi connectivity index (χ1) is 15.0. The molecule has 6 nitrogen and oxygen atoms in total. The van der Waals surface area contributed by atoms with Crippen molar-refractivity contribution < 1.29 is 17.6 Å². The van der Waals surface area contributed by atoms with Crippen molar-refractivity contribution in [2.45, 2.75) is 49.8 Å². The molecule has 1 aromatic heterocycles. The highest BCUT2D eigenvalue weighted by Gasteiger charge is 2.57. The second-order valence-corrected chi connectivity index (χ2v) is 11.8. The lowest BCUT2D eigenvalue weighted by atomic mass is 9.75. The van der Waals surface area contributed by atoms with Gasteiger partial charge in [0.1, 0.15) is 27.6 Å². The number of benzene rings is 1. The van der Waals surface area contributed by atoms with Crippen LogP contribution in [0.1, 0.15) is 54.7 Å². The van der Waals surface area contributed by atoms with Crippen LogP contribution in [0.3, 0.4) is 0 Å². The predicted molar refractivity (Wildman–Crippen MR) is 122 cm³/mol. The van der Waals surface area contributed by atoms with Crippen LogP contribution < -0.4 is 5.73 Å². The number of hydrogen-bond donors (Lipinski definition) is 1. The molecule has 0 saturated heterocycles. The van der Waals surface area contributed by atoms with Gasteiger partial charge >= 0.3 is 0 Å². The molecule has 32 heavy (non-hydrogen) atoms. The van der Waals surface area contributed by atoms with Crippen molar-refractivity contribution in [3.8, 4) is 0 Å². The predicted octanol–water partition coefficient (Wildman–Crippen LogP) is 3.86. The zero-order valence-corrected chi connectivity index (χ0v) is 19.5. The van der Waals surface area contributed by atoms with E-state index in [2.05, 4.69) is 9.98 Å². The van der Waals surface area contributed by atoms with Gasteiger partial charge in [0.05, 0.1) is 10.8 Å². The van der Waals surface area contributed by atoms with E-state index in [9.17, 15) is 17.6 Å². The highest BCUT2D eigenvalue weighted by molar-refractivity contribution is 7.93. The summed E-state index contributed by atoms with van der Waals surface area (Å²) in [5.41, 5.74) is 5.74. The van der Waals surface area contributed by atoms with E-state index < -0.39 is 25.9 Å². The van der Waals surface area contributed by atoms with Gasteiger partial charge in [-0.1, -0.05) is 24.1 Å². The molecule has 0 unspecified atom stereocenters. The third kappa shape index (κ3) is 3.73. The van der Waals surface area contributed by atoms with E-state index >= 15 is 0 Å². The number of sulfone groups is 1. The number of aliphatic imine (C=N–C) groups is 1. The summed E-state index contributed by atoms with van der Waals surface area (Å²) in [5.74, 6) is -1.24. The van der Waals surface area contributed by atoms with Gasteiger partial charge in [-0.2, -0.15) is 0 Å². The number of pyridine rings is 1. The second kappa shape index (κ2) is 7.92.